The molecule has 0 unspecified atom stereocenters. The predicted molar refractivity (Wildman–Crippen MR) is 94.4 cm³/mol. The highest BCUT2D eigenvalue weighted by Crippen LogP contribution is 2.64. The van der Waals surface area contributed by atoms with Crippen LogP contribution in [0, 0.1) is 23.2 Å². The van der Waals surface area contributed by atoms with E-state index in [9.17, 15) is 4.79 Å². The van der Waals surface area contributed by atoms with E-state index in [-0.39, 0.29) is 29.8 Å². The van der Waals surface area contributed by atoms with Gasteiger partial charge in [-0.2, -0.15) is 0 Å². The number of hydrogen-bond donors (Lipinski definition) is 0. The van der Waals surface area contributed by atoms with Crippen LogP contribution in [-0.2, 0) is 28.5 Å². The third-order valence-electron chi connectivity index (χ3n) is 6.68. The van der Waals surface area contributed by atoms with Crippen molar-refractivity contribution in [1.82, 2.24) is 0 Å². The lowest BCUT2D eigenvalue weighted by atomic mass is 9.61. The second kappa shape index (κ2) is 6.41. The van der Waals surface area contributed by atoms with Crippen LogP contribution in [0.4, 0.5) is 0 Å². The number of hydrogen-bond acceptors (Lipinski definition) is 6. The average molecular weight is 372 g/mol. The first-order valence-corrected chi connectivity index (χ1v) is 9.47. The van der Waals surface area contributed by atoms with Crippen molar-refractivity contribution in [2.75, 3.05) is 20.8 Å². The van der Waals surface area contributed by atoms with E-state index in [4.69, 9.17) is 23.7 Å². The molecule has 1 saturated carbocycles. The molecule has 5 rings (SSSR count). The van der Waals surface area contributed by atoms with Crippen molar-refractivity contribution in [3.8, 4) is 0 Å². The maximum Gasteiger partial charge on any atom is 0.315 e. The molecule has 0 amide bonds. The first-order valence-electron chi connectivity index (χ1n) is 9.47. The van der Waals surface area contributed by atoms with E-state index in [1.54, 1.807) is 7.11 Å². The summed E-state index contributed by atoms with van der Waals surface area (Å²) < 4.78 is 29.5. The van der Waals surface area contributed by atoms with Gasteiger partial charge in [-0.15, -0.1) is 0 Å². The molecule has 1 aromatic rings. The SMILES string of the molecule is COC(=O)[C@@]12[C@@H]([C@@H](OC)O[C@@H]3CO[C@@H](c4ccccc4)O[C@H]31)[C@H]1C=C[C@@H]2C1. The van der Waals surface area contributed by atoms with E-state index in [2.05, 4.69) is 12.2 Å². The minimum Gasteiger partial charge on any atom is -0.468 e. The minimum absolute atomic E-state index is 0.0588. The second-order valence-corrected chi connectivity index (χ2v) is 7.75. The Morgan fingerprint density at radius 2 is 1.96 bits per heavy atom. The summed E-state index contributed by atoms with van der Waals surface area (Å²) >= 11 is 0. The quantitative estimate of drug-likeness (QED) is 0.600. The fourth-order valence-electron chi connectivity index (χ4n) is 5.66. The lowest BCUT2D eigenvalue weighted by Gasteiger charge is -2.55. The number of ether oxygens (including phenoxy) is 5. The van der Waals surface area contributed by atoms with Crippen molar-refractivity contribution >= 4 is 5.97 Å². The molecule has 2 aliphatic carbocycles. The van der Waals surface area contributed by atoms with Crippen molar-refractivity contribution in [2.24, 2.45) is 23.2 Å². The van der Waals surface area contributed by atoms with Crippen LogP contribution in [-0.4, -0.2) is 45.3 Å². The number of fused-ring (bicyclic) bond motifs is 7. The van der Waals surface area contributed by atoms with E-state index >= 15 is 0 Å². The molecule has 0 N–H and O–H groups in total. The Kier molecular flexibility index (Phi) is 4.13. The van der Waals surface area contributed by atoms with Crippen LogP contribution in [0.15, 0.2) is 42.5 Å². The molecule has 8 atom stereocenters. The number of esters is 1. The van der Waals surface area contributed by atoms with Crippen molar-refractivity contribution in [3.05, 3.63) is 48.0 Å². The van der Waals surface area contributed by atoms with Crippen molar-refractivity contribution in [1.29, 1.82) is 0 Å². The van der Waals surface area contributed by atoms with E-state index in [0.717, 1.165) is 12.0 Å². The van der Waals surface area contributed by atoms with Crippen molar-refractivity contribution < 1.29 is 28.5 Å². The van der Waals surface area contributed by atoms with Gasteiger partial charge in [0, 0.05) is 18.6 Å². The predicted octanol–water partition coefficient (Wildman–Crippen LogP) is 2.45. The zero-order valence-corrected chi connectivity index (χ0v) is 15.4. The summed E-state index contributed by atoms with van der Waals surface area (Å²) in [6, 6.07) is 9.79. The Morgan fingerprint density at radius 1 is 1.15 bits per heavy atom. The second-order valence-electron chi connectivity index (χ2n) is 7.75. The molecule has 6 heteroatoms. The van der Waals surface area contributed by atoms with Crippen molar-refractivity contribution in [3.63, 3.8) is 0 Å². The molecule has 2 heterocycles. The third-order valence-corrected chi connectivity index (χ3v) is 6.68. The molecule has 6 nitrogen and oxygen atoms in total. The highest BCUT2D eigenvalue weighted by atomic mass is 16.7. The monoisotopic (exact) mass is 372 g/mol. The number of methoxy groups -OCH3 is 2. The van der Waals surface area contributed by atoms with Crippen LogP contribution < -0.4 is 0 Å². The largest absolute Gasteiger partial charge is 0.468 e. The summed E-state index contributed by atoms with van der Waals surface area (Å²) in [6.45, 7) is 0.344. The van der Waals surface area contributed by atoms with Gasteiger partial charge in [-0.05, 0) is 18.3 Å². The first-order chi connectivity index (χ1) is 13.2. The topological polar surface area (TPSA) is 63.2 Å². The van der Waals surface area contributed by atoms with Crippen LogP contribution >= 0.6 is 0 Å². The highest BCUT2D eigenvalue weighted by molar-refractivity contribution is 5.80. The summed E-state index contributed by atoms with van der Waals surface area (Å²) in [5, 5.41) is 0. The molecule has 2 saturated heterocycles. The van der Waals surface area contributed by atoms with Gasteiger partial charge in [-0.25, -0.2) is 0 Å². The summed E-state index contributed by atoms with van der Waals surface area (Å²) in [5.74, 6) is -0.0794. The summed E-state index contributed by atoms with van der Waals surface area (Å²) in [4.78, 5) is 13.2. The number of benzene rings is 1. The molecule has 0 aromatic heterocycles. The number of rotatable bonds is 3. The van der Waals surface area contributed by atoms with Crippen molar-refractivity contribution in [2.45, 2.75) is 31.2 Å². The molecule has 4 aliphatic rings. The van der Waals surface area contributed by atoms with Gasteiger partial charge in [0.1, 0.15) is 17.6 Å². The third kappa shape index (κ3) is 2.30. The summed E-state index contributed by atoms with van der Waals surface area (Å²) in [6.07, 6.45) is 3.39. The minimum atomic E-state index is -0.811. The van der Waals surface area contributed by atoms with Gasteiger partial charge in [0.15, 0.2) is 12.6 Å². The van der Waals surface area contributed by atoms with Crippen LogP contribution in [0.1, 0.15) is 18.3 Å². The summed E-state index contributed by atoms with van der Waals surface area (Å²) in [7, 11) is 3.07. The maximum atomic E-state index is 13.2. The maximum absolute atomic E-state index is 13.2. The number of carbonyl (C=O) groups is 1. The number of carbonyl (C=O) groups excluding carboxylic acids is 1. The van der Waals surface area contributed by atoms with Gasteiger partial charge in [-0.1, -0.05) is 42.5 Å². The smallest absolute Gasteiger partial charge is 0.315 e. The lowest BCUT2D eigenvalue weighted by molar-refractivity contribution is -0.361. The molecule has 3 fully saturated rings. The van der Waals surface area contributed by atoms with Gasteiger partial charge in [0.25, 0.3) is 0 Å². The molecule has 2 bridgehead atoms. The number of allylic oxidation sites excluding steroid dienone is 2. The van der Waals surface area contributed by atoms with Gasteiger partial charge in [-0.3, -0.25) is 4.79 Å². The fraction of sp³-hybridized carbons (Fsp3) is 0.571. The van der Waals surface area contributed by atoms with Gasteiger partial charge in [0.05, 0.1) is 13.7 Å². The molecule has 144 valence electrons. The van der Waals surface area contributed by atoms with Gasteiger partial charge < -0.3 is 23.7 Å². The molecule has 0 radical (unpaired) electrons. The van der Waals surface area contributed by atoms with Crippen LogP contribution in [0.5, 0.6) is 0 Å². The highest BCUT2D eigenvalue weighted by Gasteiger charge is 2.72. The summed E-state index contributed by atoms with van der Waals surface area (Å²) in [5.41, 5.74) is 0.120. The fourth-order valence-corrected chi connectivity index (χ4v) is 5.66. The van der Waals surface area contributed by atoms with E-state index < -0.39 is 24.1 Å². The molecular formula is C21H24O6. The van der Waals surface area contributed by atoms with E-state index in [1.165, 1.54) is 7.11 Å². The Labute approximate surface area is 158 Å². The molecular weight excluding hydrogens is 348 g/mol. The van der Waals surface area contributed by atoms with Crippen LogP contribution in [0.3, 0.4) is 0 Å². The van der Waals surface area contributed by atoms with Gasteiger partial charge >= 0.3 is 5.97 Å². The molecule has 2 aliphatic heterocycles. The van der Waals surface area contributed by atoms with Gasteiger partial charge in [0.2, 0.25) is 0 Å². The molecule has 0 spiro atoms. The zero-order chi connectivity index (χ0) is 18.6. The first kappa shape index (κ1) is 17.4. The lowest BCUT2D eigenvalue weighted by Crippen LogP contribution is -2.67. The normalized spacial score (nSPS) is 44.6. The Hall–Kier alpha value is -1.73. The molecule has 27 heavy (non-hydrogen) atoms. The van der Waals surface area contributed by atoms with Crippen LogP contribution in [0.2, 0.25) is 0 Å². The Balaban J connectivity index is 1.57. The molecule has 1 aromatic carbocycles. The standard InChI is InChI=1S/C21H24O6/c1-23-19-16-13-8-9-14(10-13)21(16,20(22)24-2)17-15(26-19)11-25-18(27-17)12-6-4-3-5-7-12/h3-9,13-19H,10-11H2,1-2H3/t13-,14+,15+,16+,17+,18+,19-,21-/m0/s1. The Bertz CT molecular complexity index is 748. The Morgan fingerprint density at radius 3 is 2.70 bits per heavy atom. The average Bonchev–Trinajstić information content (AvgIpc) is 3.34. The zero-order valence-electron chi connectivity index (χ0n) is 15.4. The van der Waals surface area contributed by atoms with E-state index in [0.29, 0.717) is 6.61 Å². The van der Waals surface area contributed by atoms with Crippen LogP contribution in [0.25, 0.3) is 0 Å². The van der Waals surface area contributed by atoms with E-state index in [1.807, 2.05) is 30.3 Å².